The third-order valence-electron chi connectivity index (χ3n) is 1.42. The summed E-state index contributed by atoms with van der Waals surface area (Å²) in [5.41, 5.74) is 0. The summed E-state index contributed by atoms with van der Waals surface area (Å²) < 4.78 is 4.48. The SMILES string of the molecule is [O]C(O)[C@H]1O[C@H](O)C[C@@H]1O. The summed E-state index contributed by atoms with van der Waals surface area (Å²) in [7, 11) is 0. The van der Waals surface area contributed by atoms with Crippen LogP contribution in [0.3, 0.4) is 0 Å². The number of ether oxygens (including phenoxy) is 1. The van der Waals surface area contributed by atoms with Gasteiger partial charge in [-0.3, -0.25) is 0 Å². The molecule has 5 heteroatoms. The molecule has 1 saturated heterocycles. The van der Waals surface area contributed by atoms with Crippen LogP contribution in [0.4, 0.5) is 0 Å². The van der Waals surface area contributed by atoms with Gasteiger partial charge in [0.05, 0.1) is 6.10 Å². The molecular formula is C5H9O5. The van der Waals surface area contributed by atoms with Crippen LogP contribution >= 0.6 is 0 Å². The van der Waals surface area contributed by atoms with Gasteiger partial charge in [-0.1, -0.05) is 0 Å². The van der Waals surface area contributed by atoms with Crippen LogP contribution in [0, 0.1) is 0 Å². The lowest BCUT2D eigenvalue weighted by Gasteiger charge is -2.12. The molecule has 10 heavy (non-hydrogen) atoms. The first kappa shape index (κ1) is 7.90. The molecule has 0 bridgehead atoms. The van der Waals surface area contributed by atoms with Crippen LogP contribution in [-0.2, 0) is 9.84 Å². The number of rotatable bonds is 1. The zero-order valence-electron chi connectivity index (χ0n) is 5.17. The van der Waals surface area contributed by atoms with E-state index in [0.717, 1.165) is 0 Å². The van der Waals surface area contributed by atoms with Gasteiger partial charge in [0, 0.05) is 6.42 Å². The first-order chi connectivity index (χ1) is 4.61. The van der Waals surface area contributed by atoms with E-state index >= 15 is 0 Å². The summed E-state index contributed by atoms with van der Waals surface area (Å²) in [5.74, 6) is 0. The molecular weight excluding hydrogens is 140 g/mol. The molecule has 59 valence electrons. The van der Waals surface area contributed by atoms with Crippen molar-refractivity contribution in [3.63, 3.8) is 0 Å². The zero-order valence-corrected chi connectivity index (χ0v) is 5.17. The van der Waals surface area contributed by atoms with E-state index in [1.54, 1.807) is 0 Å². The maximum Gasteiger partial charge on any atom is 0.218 e. The zero-order chi connectivity index (χ0) is 7.72. The Bertz CT molecular complexity index is 115. The first-order valence-electron chi connectivity index (χ1n) is 2.96. The summed E-state index contributed by atoms with van der Waals surface area (Å²) in [5, 5.41) is 36.2. The minimum atomic E-state index is -1.98. The first-order valence-corrected chi connectivity index (χ1v) is 2.96. The summed E-state index contributed by atoms with van der Waals surface area (Å²) in [6.07, 6.45) is -5.35. The molecule has 0 spiro atoms. The van der Waals surface area contributed by atoms with Crippen molar-refractivity contribution >= 4 is 0 Å². The van der Waals surface area contributed by atoms with E-state index in [-0.39, 0.29) is 6.42 Å². The van der Waals surface area contributed by atoms with Crippen LogP contribution in [0.25, 0.3) is 0 Å². The molecule has 1 heterocycles. The van der Waals surface area contributed by atoms with Gasteiger partial charge in [-0.25, -0.2) is 0 Å². The van der Waals surface area contributed by atoms with Crippen molar-refractivity contribution in [1.29, 1.82) is 0 Å². The van der Waals surface area contributed by atoms with Crippen LogP contribution in [-0.4, -0.2) is 40.1 Å². The van der Waals surface area contributed by atoms with Crippen molar-refractivity contribution in [3.05, 3.63) is 0 Å². The average Bonchev–Trinajstić information content (AvgIpc) is 2.10. The highest BCUT2D eigenvalue weighted by molar-refractivity contribution is 4.78. The molecule has 0 aromatic rings. The largest absolute Gasteiger partial charge is 0.390 e. The highest BCUT2D eigenvalue weighted by Gasteiger charge is 2.37. The molecule has 3 N–H and O–H groups in total. The van der Waals surface area contributed by atoms with Crippen molar-refractivity contribution in [2.45, 2.75) is 31.2 Å². The van der Waals surface area contributed by atoms with Gasteiger partial charge in [0.2, 0.25) is 6.29 Å². The Hall–Kier alpha value is -0.200. The molecule has 0 amide bonds. The minimum absolute atomic E-state index is 0.00995. The van der Waals surface area contributed by atoms with Crippen molar-refractivity contribution in [1.82, 2.24) is 0 Å². The van der Waals surface area contributed by atoms with Gasteiger partial charge in [0.15, 0.2) is 6.29 Å². The maximum atomic E-state index is 10.2. The van der Waals surface area contributed by atoms with Crippen LogP contribution in [0.5, 0.6) is 0 Å². The molecule has 0 aromatic heterocycles. The molecule has 1 radical (unpaired) electrons. The number of hydrogen-bond donors (Lipinski definition) is 3. The fourth-order valence-electron chi connectivity index (χ4n) is 0.926. The maximum absolute atomic E-state index is 10.2. The van der Waals surface area contributed by atoms with E-state index in [4.69, 9.17) is 15.3 Å². The van der Waals surface area contributed by atoms with Crippen molar-refractivity contribution in [2.75, 3.05) is 0 Å². The van der Waals surface area contributed by atoms with Gasteiger partial charge in [-0.15, -0.1) is 0 Å². The number of aliphatic hydroxyl groups excluding tert-OH is 3. The van der Waals surface area contributed by atoms with Crippen LogP contribution in [0.15, 0.2) is 0 Å². The Labute approximate surface area is 57.5 Å². The topological polar surface area (TPSA) is 89.8 Å². The van der Waals surface area contributed by atoms with Crippen molar-refractivity contribution in [3.8, 4) is 0 Å². The summed E-state index contributed by atoms with van der Waals surface area (Å²) in [6, 6.07) is 0. The van der Waals surface area contributed by atoms with Crippen LogP contribution < -0.4 is 0 Å². The van der Waals surface area contributed by atoms with E-state index in [1.807, 2.05) is 0 Å². The lowest BCUT2D eigenvalue weighted by Crippen LogP contribution is -2.33. The molecule has 5 nitrogen and oxygen atoms in total. The molecule has 0 aromatic carbocycles. The molecule has 1 rings (SSSR count). The van der Waals surface area contributed by atoms with Crippen LogP contribution in [0.1, 0.15) is 6.42 Å². The minimum Gasteiger partial charge on any atom is -0.390 e. The van der Waals surface area contributed by atoms with E-state index in [2.05, 4.69) is 4.74 Å². The van der Waals surface area contributed by atoms with Gasteiger partial charge in [-0.05, 0) is 0 Å². The number of aliphatic hydroxyl groups is 3. The lowest BCUT2D eigenvalue weighted by molar-refractivity contribution is -0.211. The average molecular weight is 149 g/mol. The van der Waals surface area contributed by atoms with Gasteiger partial charge < -0.3 is 20.1 Å². The normalized spacial score (nSPS) is 41.1. The second-order valence-electron chi connectivity index (χ2n) is 2.25. The standard InChI is InChI=1S/C5H9O5/c6-2-1-3(7)10-4(2)5(8)9/h2-8H,1H2/t2-,3-,4-,5?/m0/s1. The fourth-order valence-corrected chi connectivity index (χ4v) is 0.926. The predicted octanol–water partition coefficient (Wildman–Crippen LogP) is -1.80. The van der Waals surface area contributed by atoms with Crippen molar-refractivity contribution in [2.24, 2.45) is 0 Å². The molecule has 1 aliphatic rings. The third-order valence-corrected chi connectivity index (χ3v) is 1.42. The Balaban J connectivity index is 2.46. The van der Waals surface area contributed by atoms with Crippen LogP contribution in [0.2, 0.25) is 0 Å². The second-order valence-corrected chi connectivity index (χ2v) is 2.25. The van der Waals surface area contributed by atoms with E-state index in [1.165, 1.54) is 0 Å². The molecule has 0 saturated carbocycles. The highest BCUT2D eigenvalue weighted by Crippen LogP contribution is 2.20. The quantitative estimate of drug-likeness (QED) is 0.384. The third kappa shape index (κ3) is 1.44. The van der Waals surface area contributed by atoms with Gasteiger partial charge in [-0.2, -0.15) is 5.11 Å². The molecule has 1 aliphatic heterocycles. The molecule has 1 unspecified atom stereocenters. The second kappa shape index (κ2) is 2.81. The van der Waals surface area contributed by atoms with E-state index in [9.17, 15) is 5.11 Å². The monoisotopic (exact) mass is 149 g/mol. The Morgan fingerprint density at radius 1 is 1.50 bits per heavy atom. The smallest absolute Gasteiger partial charge is 0.218 e. The van der Waals surface area contributed by atoms with Gasteiger partial charge in [0.25, 0.3) is 0 Å². The Morgan fingerprint density at radius 2 is 2.10 bits per heavy atom. The van der Waals surface area contributed by atoms with Crippen molar-refractivity contribution < 1.29 is 25.2 Å². The molecule has 4 atom stereocenters. The Morgan fingerprint density at radius 3 is 2.30 bits per heavy atom. The summed E-state index contributed by atoms with van der Waals surface area (Å²) in [4.78, 5) is 0. The fraction of sp³-hybridized carbons (Fsp3) is 1.00. The number of hydrogen-bond acceptors (Lipinski definition) is 4. The highest BCUT2D eigenvalue weighted by atomic mass is 16.6. The predicted molar refractivity (Wildman–Crippen MR) is 28.2 cm³/mol. The summed E-state index contributed by atoms with van der Waals surface area (Å²) >= 11 is 0. The van der Waals surface area contributed by atoms with Gasteiger partial charge in [0.1, 0.15) is 6.10 Å². The van der Waals surface area contributed by atoms with E-state index < -0.39 is 24.8 Å². The lowest BCUT2D eigenvalue weighted by atomic mass is 10.2. The Kier molecular flexibility index (Phi) is 2.22. The molecule has 1 fully saturated rings. The molecule has 0 aliphatic carbocycles. The van der Waals surface area contributed by atoms with Gasteiger partial charge >= 0.3 is 0 Å². The summed E-state index contributed by atoms with van der Waals surface area (Å²) in [6.45, 7) is 0. The van der Waals surface area contributed by atoms with E-state index in [0.29, 0.717) is 0 Å².